The molecule has 96 valence electrons. The van der Waals surface area contributed by atoms with E-state index < -0.39 is 24.4 Å². The van der Waals surface area contributed by atoms with Crippen LogP contribution in [0, 0.1) is 0 Å². The second-order valence-electron chi connectivity index (χ2n) is 3.85. The average molecular weight is 258 g/mol. The fourth-order valence-corrected chi connectivity index (χ4v) is 1.82. The lowest BCUT2D eigenvalue weighted by Crippen LogP contribution is -2.20. The van der Waals surface area contributed by atoms with Gasteiger partial charge in [0, 0.05) is 16.6 Å². The van der Waals surface area contributed by atoms with Gasteiger partial charge in [0.15, 0.2) is 0 Å². The highest BCUT2D eigenvalue weighted by atomic mass is 19.4. The molecule has 0 unspecified atom stereocenters. The Balaban J connectivity index is 2.67. The quantitative estimate of drug-likeness (QED) is 0.813. The van der Waals surface area contributed by atoms with Gasteiger partial charge in [-0.1, -0.05) is 0 Å². The Kier molecular flexibility index (Phi) is 2.68. The molecule has 1 heterocycles. The molecule has 4 nitrogen and oxygen atoms in total. The molecule has 0 aliphatic rings. The molecule has 18 heavy (non-hydrogen) atoms. The number of hydrogen-bond donors (Lipinski definition) is 2. The molecule has 0 atom stereocenters. The third-order valence-electron chi connectivity index (χ3n) is 2.48. The van der Waals surface area contributed by atoms with Crippen molar-refractivity contribution < 1.29 is 23.1 Å². The molecule has 0 spiro atoms. The second-order valence-corrected chi connectivity index (χ2v) is 3.85. The minimum absolute atomic E-state index is 0.193. The molecular formula is C11H9F3N2O2. The Morgan fingerprint density at radius 1 is 1.33 bits per heavy atom. The summed E-state index contributed by atoms with van der Waals surface area (Å²) in [5.74, 6) is -1.41. The van der Waals surface area contributed by atoms with Crippen LogP contribution in [0.25, 0.3) is 10.9 Å². The van der Waals surface area contributed by atoms with Crippen LogP contribution >= 0.6 is 0 Å². The molecule has 1 aromatic heterocycles. The molecule has 0 aliphatic heterocycles. The first kappa shape index (κ1) is 12.3. The molecule has 0 aliphatic carbocycles. The van der Waals surface area contributed by atoms with Crippen molar-refractivity contribution in [3.63, 3.8) is 0 Å². The van der Waals surface area contributed by atoms with Gasteiger partial charge >= 0.3 is 12.1 Å². The number of carboxylic acid groups (broad SMARTS) is 1. The van der Waals surface area contributed by atoms with Crippen LogP contribution in [0.5, 0.6) is 0 Å². The van der Waals surface area contributed by atoms with Crippen molar-refractivity contribution in [1.29, 1.82) is 0 Å². The van der Waals surface area contributed by atoms with Gasteiger partial charge in [-0.2, -0.15) is 13.2 Å². The lowest BCUT2D eigenvalue weighted by Gasteiger charge is -2.11. The molecule has 0 saturated carbocycles. The van der Waals surface area contributed by atoms with Crippen LogP contribution in [0.2, 0.25) is 0 Å². The van der Waals surface area contributed by atoms with Gasteiger partial charge < -0.3 is 15.4 Å². The maximum Gasteiger partial charge on any atom is 0.406 e. The fourth-order valence-electron chi connectivity index (χ4n) is 1.82. The van der Waals surface area contributed by atoms with E-state index in [1.54, 1.807) is 0 Å². The molecular weight excluding hydrogens is 249 g/mol. The monoisotopic (exact) mass is 258 g/mol. The second kappa shape index (κ2) is 3.94. The Morgan fingerprint density at radius 3 is 2.56 bits per heavy atom. The zero-order valence-corrected chi connectivity index (χ0v) is 9.03. The highest BCUT2D eigenvalue weighted by Gasteiger charge is 2.30. The number of aromatic carboxylic acids is 1. The van der Waals surface area contributed by atoms with Crippen molar-refractivity contribution in [3.05, 3.63) is 30.0 Å². The van der Waals surface area contributed by atoms with Crippen LogP contribution in [0.4, 0.5) is 18.9 Å². The predicted molar refractivity (Wildman–Crippen MR) is 59.4 cm³/mol. The van der Waals surface area contributed by atoms with Gasteiger partial charge in [0.05, 0.1) is 0 Å². The highest BCUT2D eigenvalue weighted by Crippen LogP contribution is 2.27. The number of halogens is 3. The number of fused-ring (bicyclic) bond motifs is 1. The molecule has 2 rings (SSSR count). The van der Waals surface area contributed by atoms with E-state index in [9.17, 15) is 18.0 Å². The molecule has 0 radical (unpaired) electrons. The minimum Gasteiger partial charge on any atom is -0.477 e. The van der Waals surface area contributed by atoms with Crippen LogP contribution in [-0.2, 0) is 6.54 Å². The number of rotatable bonds is 2. The number of nitrogens with zero attached hydrogens (tertiary/aromatic N) is 1. The van der Waals surface area contributed by atoms with E-state index in [-0.39, 0.29) is 5.52 Å². The largest absolute Gasteiger partial charge is 0.477 e. The van der Waals surface area contributed by atoms with E-state index in [1.807, 2.05) is 0 Å². The summed E-state index contributed by atoms with van der Waals surface area (Å²) in [7, 11) is 0. The van der Waals surface area contributed by atoms with Crippen LogP contribution in [-0.4, -0.2) is 21.8 Å². The standard InChI is InChI=1S/C11H9F3N2O2/c12-11(13,14)5-16-8-2-1-7(15)3-6(8)4-9(16)10(17)18/h1-4H,5,15H2,(H,17,18). The number of alkyl halides is 3. The number of nitrogen functional groups attached to an aromatic ring is 1. The SMILES string of the molecule is Nc1ccc2c(c1)cc(C(=O)O)n2CC(F)(F)F. The lowest BCUT2D eigenvalue weighted by molar-refractivity contribution is -0.140. The number of hydrogen-bond acceptors (Lipinski definition) is 2. The van der Waals surface area contributed by atoms with Crippen LogP contribution in [0.3, 0.4) is 0 Å². The number of carboxylic acids is 1. The third-order valence-corrected chi connectivity index (χ3v) is 2.48. The molecule has 1 aromatic carbocycles. The van der Waals surface area contributed by atoms with Crippen LogP contribution < -0.4 is 5.73 Å². The number of anilines is 1. The van der Waals surface area contributed by atoms with E-state index in [2.05, 4.69) is 0 Å². The summed E-state index contributed by atoms with van der Waals surface area (Å²) >= 11 is 0. The first-order valence-electron chi connectivity index (χ1n) is 4.97. The summed E-state index contributed by atoms with van der Waals surface area (Å²) in [6.07, 6.45) is -4.49. The van der Waals surface area contributed by atoms with Gasteiger partial charge in [0.1, 0.15) is 12.2 Å². The van der Waals surface area contributed by atoms with Gasteiger partial charge in [-0.05, 0) is 24.3 Å². The Bertz CT molecular complexity index is 617. The van der Waals surface area contributed by atoms with Crippen molar-refractivity contribution in [2.24, 2.45) is 0 Å². The minimum atomic E-state index is -4.49. The normalized spacial score (nSPS) is 11.9. The number of nitrogens with two attached hydrogens (primary N) is 1. The first-order valence-corrected chi connectivity index (χ1v) is 4.97. The van der Waals surface area contributed by atoms with Gasteiger partial charge in [-0.3, -0.25) is 0 Å². The summed E-state index contributed by atoms with van der Waals surface area (Å²) < 4.78 is 38.0. The first-order chi connectivity index (χ1) is 8.28. The number of carbonyl (C=O) groups is 1. The van der Waals surface area contributed by atoms with Gasteiger partial charge in [-0.15, -0.1) is 0 Å². The van der Waals surface area contributed by atoms with Crippen LogP contribution in [0.1, 0.15) is 10.5 Å². The highest BCUT2D eigenvalue weighted by molar-refractivity contribution is 5.95. The Morgan fingerprint density at radius 2 is 2.00 bits per heavy atom. The van der Waals surface area contributed by atoms with E-state index in [0.29, 0.717) is 11.1 Å². The molecule has 3 N–H and O–H groups in total. The summed E-state index contributed by atoms with van der Waals surface area (Å²) in [4.78, 5) is 10.9. The summed E-state index contributed by atoms with van der Waals surface area (Å²) in [5, 5.41) is 9.29. The van der Waals surface area contributed by atoms with Crippen molar-refractivity contribution in [2.75, 3.05) is 5.73 Å². The van der Waals surface area contributed by atoms with E-state index >= 15 is 0 Å². The zero-order valence-electron chi connectivity index (χ0n) is 9.03. The number of benzene rings is 1. The molecule has 0 bridgehead atoms. The summed E-state index contributed by atoms with van der Waals surface area (Å²) in [5.41, 5.74) is 5.66. The Labute approximate surface area is 99.4 Å². The summed E-state index contributed by atoms with van der Waals surface area (Å²) in [6.45, 7) is -1.35. The fraction of sp³-hybridized carbons (Fsp3) is 0.182. The molecule has 0 saturated heterocycles. The topological polar surface area (TPSA) is 68.2 Å². The molecule has 7 heteroatoms. The summed E-state index contributed by atoms with van der Waals surface area (Å²) in [6, 6.07) is 5.43. The average Bonchev–Trinajstić information content (AvgIpc) is 2.54. The smallest absolute Gasteiger partial charge is 0.406 e. The van der Waals surface area contributed by atoms with E-state index in [1.165, 1.54) is 24.3 Å². The van der Waals surface area contributed by atoms with Gasteiger partial charge in [-0.25, -0.2) is 4.79 Å². The van der Waals surface area contributed by atoms with E-state index in [0.717, 1.165) is 4.57 Å². The maximum atomic E-state index is 12.4. The van der Waals surface area contributed by atoms with Gasteiger partial charge in [0.25, 0.3) is 0 Å². The zero-order chi connectivity index (χ0) is 13.5. The van der Waals surface area contributed by atoms with E-state index in [4.69, 9.17) is 10.8 Å². The van der Waals surface area contributed by atoms with Crippen molar-refractivity contribution in [1.82, 2.24) is 4.57 Å². The van der Waals surface area contributed by atoms with Crippen LogP contribution in [0.15, 0.2) is 24.3 Å². The van der Waals surface area contributed by atoms with Crippen molar-refractivity contribution in [2.45, 2.75) is 12.7 Å². The van der Waals surface area contributed by atoms with Crippen molar-refractivity contribution >= 4 is 22.6 Å². The Hall–Kier alpha value is -2.18. The van der Waals surface area contributed by atoms with Gasteiger partial charge in [0.2, 0.25) is 0 Å². The van der Waals surface area contributed by atoms with Crippen molar-refractivity contribution in [3.8, 4) is 0 Å². The molecule has 2 aromatic rings. The molecule has 0 amide bonds. The molecule has 0 fully saturated rings. The lowest BCUT2D eigenvalue weighted by atomic mass is 10.2. The third kappa shape index (κ3) is 2.24. The maximum absolute atomic E-state index is 12.4. The number of aromatic nitrogens is 1. The predicted octanol–water partition coefficient (Wildman–Crippen LogP) is 2.48.